The predicted molar refractivity (Wildman–Crippen MR) is 179 cm³/mol. The van der Waals surface area contributed by atoms with Gasteiger partial charge in [-0.25, -0.2) is 27.9 Å². The van der Waals surface area contributed by atoms with Gasteiger partial charge in [-0.2, -0.15) is 0 Å². The number of carbonyl (C=O) groups is 2. The Hall–Kier alpha value is -3.75. The van der Waals surface area contributed by atoms with Gasteiger partial charge in [0.05, 0.1) is 17.6 Å². The molecule has 1 atom stereocenters. The van der Waals surface area contributed by atoms with E-state index in [1.165, 1.54) is 25.3 Å². The van der Waals surface area contributed by atoms with E-state index in [1.807, 2.05) is 25.9 Å². The number of halogens is 2. The maximum Gasteiger partial charge on any atom is 0.328 e. The zero-order valence-electron chi connectivity index (χ0n) is 25.8. The molecule has 1 heterocycles. The van der Waals surface area contributed by atoms with Crippen LogP contribution < -0.4 is 31.1 Å². The van der Waals surface area contributed by atoms with Gasteiger partial charge >= 0.3 is 6.03 Å². The van der Waals surface area contributed by atoms with Crippen LogP contribution in [0.15, 0.2) is 57.3 Å². The van der Waals surface area contributed by atoms with Crippen LogP contribution in [0.5, 0.6) is 5.75 Å². The molecular weight excluding hydrogens is 643 g/mol. The lowest BCUT2D eigenvalue weighted by Crippen LogP contribution is -2.47. The van der Waals surface area contributed by atoms with Gasteiger partial charge in [-0.15, -0.1) is 12.4 Å². The van der Waals surface area contributed by atoms with Crippen LogP contribution in [0.1, 0.15) is 54.9 Å². The van der Waals surface area contributed by atoms with E-state index in [9.17, 15) is 18.0 Å². The number of methoxy groups -OCH3 is 1. The molecule has 1 unspecified atom stereocenters. The van der Waals surface area contributed by atoms with Crippen molar-refractivity contribution in [3.05, 3.63) is 58.6 Å². The zero-order valence-corrected chi connectivity index (χ0v) is 28.2. The number of amides is 3. The van der Waals surface area contributed by atoms with Crippen molar-refractivity contribution in [2.24, 2.45) is 15.7 Å². The number of nitrogens with one attached hydrogen (secondary N) is 4. The number of nitrogens with two attached hydrogens (primary N) is 1. The molecule has 16 heteroatoms. The number of hydrogen-bond acceptors (Lipinski definition) is 10. The summed E-state index contributed by atoms with van der Waals surface area (Å²) in [4.78, 5) is 34.6. The molecule has 0 radical (unpaired) electrons. The summed E-state index contributed by atoms with van der Waals surface area (Å²) in [6.07, 6.45) is 5.35. The topological polar surface area (TPSA) is 180 Å². The Bertz CT molecular complexity index is 1460. The van der Waals surface area contributed by atoms with Crippen molar-refractivity contribution >= 4 is 57.9 Å². The Morgan fingerprint density at radius 2 is 1.76 bits per heavy atom. The number of rotatable bonds is 8. The summed E-state index contributed by atoms with van der Waals surface area (Å²) >= 11 is 5.96. The number of benzene rings is 2. The van der Waals surface area contributed by atoms with Crippen LogP contribution in [0, 0.1) is 0 Å². The quantitative estimate of drug-likeness (QED) is 0.281. The fourth-order valence-corrected chi connectivity index (χ4v) is 5.65. The number of ether oxygens (including phenoxy) is 1. The Kier molecular flexibility index (Phi) is 14.7. The lowest BCUT2D eigenvalue weighted by molar-refractivity contribution is 0.0951. The number of carbonyl (C=O) groups excluding carboxylic acids is 2. The summed E-state index contributed by atoms with van der Waals surface area (Å²) in [7, 11) is 1.31. The van der Waals surface area contributed by atoms with Gasteiger partial charge in [0, 0.05) is 31.7 Å². The molecule has 1 aliphatic carbocycles. The Morgan fingerprint density at radius 3 is 2.36 bits per heavy atom. The molecule has 2 aromatic rings. The molecule has 0 bridgehead atoms. The minimum Gasteiger partial charge on any atom is -0.496 e. The first-order chi connectivity index (χ1) is 20.9. The van der Waals surface area contributed by atoms with Gasteiger partial charge in [0.25, 0.3) is 15.9 Å². The maximum absolute atomic E-state index is 12.5. The third kappa shape index (κ3) is 11.9. The molecule has 4 rings (SSSR count). The molecule has 1 aliphatic heterocycles. The second kappa shape index (κ2) is 17.7. The Morgan fingerprint density at radius 1 is 1.09 bits per heavy atom. The summed E-state index contributed by atoms with van der Waals surface area (Å²) < 4.78 is 32.2. The SMILES string of the molecule is CC1N=C(N)NC(N(C)C)=N1.COc1ccc(Cl)cc1C(=O)NCCc1ccc(S(=O)(=O)NC(=O)NC2CCCCC2)cc1.Cl. The minimum atomic E-state index is -3.97. The number of hydrogen-bond donors (Lipinski definition) is 5. The summed E-state index contributed by atoms with van der Waals surface area (Å²) in [5, 5.41) is 8.81. The molecule has 1 saturated carbocycles. The van der Waals surface area contributed by atoms with E-state index in [-0.39, 0.29) is 35.4 Å². The van der Waals surface area contributed by atoms with Crippen molar-refractivity contribution in [3.63, 3.8) is 0 Å². The lowest BCUT2D eigenvalue weighted by Gasteiger charge is -2.22. The summed E-state index contributed by atoms with van der Waals surface area (Å²) in [6, 6.07) is 10.3. The molecular formula is C29H42Cl2N8O5S. The molecule has 1 fully saturated rings. The van der Waals surface area contributed by atoms with Crippen LogP contribution in [0.25, 0.3) is 0 Å². The molecule has 13 nitrogen and oxygen atoms in total. The highest BCUT2D eigenvalue weighted by Crippen LogP contribution is 2.22. The zero-order chi connectivity index (χ0) is 32.3. The minimum absolute atomic E-state index is 0. The van der Waals surface area contributed by atoms with E-state index in [4.69, 9.17) is 22.1 Å². The maximum atomic E-state index is 12.5. The van der Waals surface area contributed by atoms with E-state index in [2.05, 4.69) is 30.7 Å². The number of sulfonamides is 1. The molecule has 0 spiro atoms. The van der Waals surface area contributed by atoms with Crippen molar-refractivity contribution < 1.29 is 22.7 Å². The van der Waals surface area contributed by atoms with Crippen LogP contribution in [-0.2, 0) is 16.4 Å². The highest BCUT2D eigenvalue weighted by molar-refractivity contribution is 7.90. The van der Waals surface area contributed by atoms with Gasteiger partial charge in [0.15, 0.2) is 5.96 Å². The third-order valence-corrected chi connectivity index (χ3v) is 8.39. The first kappa shape index (κ1) is 37.4. The van der Waals surface area contributed by atoms with Crippen LogP contribution in [0.3, 0.4) is 0 Å². The first-order valence-corrected chi connectivity index (χ1v) is 16.1. The summed E-state index contributed by atoms with van der Waals surface area (Å²) in [5.74, 6) is 1.29. The van der Waals surface area contributed by atoms with Crippen molar-refractivity contribution in [1.29, 1.82) is 0 Å². The van der Waals surface area contributed by atoms with E-state index in [1.54, 1.807) is 24.3 Å². The Balaban J connectivity index is 0.000000497. The van der Waals surface area contributed by atoms with Crippen LogP contribution >= 0.6 is 24.0 Å². The van der Waals surface area contributed by atoms with Crippen LogP contribution in [0.2, 0.25) is 5.02 Å². The Labute approximate surface area is 275 Å². The molecule has 6 N–H and O–H groups in total. The average molecular weight is 686 g/mol. The van der Waals surface area contributed by atoms with Crippen LogP contribution in [0.4, 0.5) is 4.79 Å². The summed E-state index contributed by atoms with van der Waals surface area (Å²) in [5.41, 5.74) is 6.65. The normalized spacial score (nSPS) is 16.2. The van der Waals surface area contributed by atoms with Gasteiger partial charge in [-0.3, -0.25) is 10.1 Å². The summed E-state index contributed by atoms with van der Waals surface area (Å²) in [6.45, 7) is 2.22. The fraction of sp³-hybridized carbons (Fsp3) is 0.448. The number of nitrogens with zero attached hydrogens (tertiary/aromatic N) is 3. The van der Waals surface area contributed by atoms with E-state index in [0.717, 1.165) is 43.6 Å². The van der Waals surface area contributed by atoms with E-state index < -0.39 is 16.1 Å². The van der Waals surface area contributed by atoms with Crippen molar-refractivity contribution in [2.75, 3.05) is 27.7 Å². The van der Waals surface area contributed by atoms with E-state index >= 15 is 0 Å². The van der Waals surface area contributed by atoms with Gasteiger partial charge in [-0.05, 0) is 62.1 Å². The lowest BCUT2D eigenvalue weighted by atomic mass is 9.96. The number of aliphatic imine (C=N–C) groups is 2. The molecule has 248 valence electrons. The first-order valence-electron chi connectivity index (χ1n) is 14.3. The standard InChI is InChI=1S/C23H28ClN3O5S.C6H13N5.ClH/c1-32-21-12-9-17(24)15-20(21)22(28)25-14-13-16-7-10-19(11-8-16)33(30,31)27-23(29)26-18-5-3-2-4-6-18;1-4-8-5(7)10-6(9-4)11(2)3;/h7-12,15,18H,2-6,13-14H2,1H3,(H,25,28)(H2,26,27,29);4H,1-3H3,(H3,7,8,9,10);1H. The van der Waals surface area contributed by atoms with Gasteiger partial charge in [-0.1, -0.05) is 43.0 Å². The molecule has 0 aromatic heterocycles. The smallest absolute Gasteiger partial charge is 0.328 e. The molecule has 45 heavy (non-hydrogen) atoms. The fourth-order valence-electron chi connectivity index (χ4n) is 4.56. The molecule has 0 saturated heterocycles. The van der Waals surface area contributed by atoms with Crippen molar-refractivity contribution in [2.45, 2.75) is 62.6 Å². The average Bonchev–Trinajstić information content (AvgIpc) is 2.97. The van der Waals surface area contributed by atoms with Crippen molar-refractivity contribution in [3.8, 4) is 5.75 Å². The van der Waals surface area contributed by atoms with Gasteiger partial charge in [0.2, 0.25) is 5.96 Å². The largest absolute Gasteiger partial charge is 0.496 e. The van der Waals surface area contributed by atoms with Gasteiger partial charge in [0.1, 0.15) is 11.9 Å². The molecule has 2 aromatic carbocycles. The molecule has 3 amide bonds. The second-order valence-corrected chi connectivity index (χ2v) is 12.6. The van der Waals surface area contributed by atoms with Gasteiger partial charge < -0.3 is 26.0 Å². The second-order valence-electron chi connectivity index (χ2n) is 10.5. The monoisotopic (exact) mass is 684 g/mol. The van der Waals surface area contributed by atoms with Crippen molar-refractivity contribution in [1.82, 2.24) is 25.6 Å². The molecule has 2 aliphatic rings. The van der Waals surface area contributed by atoms with E-state index in [0.29, 0.717) is 35.3 Å². The highest BCUT2D eigenvalue weighted by Gasteiger charge is 2.21. The number of urea groups is 1. The number of guanidine groups is 2. The highest BCUT2D eigenvalue weighted by atomic mass is 35.5. The van der Waals surface area contributed by atoms with Crippen LogP contribution in [-0.4, -0.2) is 77.1 Å². The third-order valence-electron chi connectivity index (χ3n) is 6.81. The predicted octanol–water partition coefficient (Wildman–Crippen LogP) is 3.23.